The van der Waals surface area contributed by atoms with Gasteiger partial charge in [0.05, 0.1) is 11.6 Å². The number of hydrazine groups is 1. The van der Waals surface area contributed by atoms with E-state index < -0.39 is 0 Å². The van der Waals surface area contributed by atoms with E-state index in [-0.39, 0.29) is 11.6 Å². The van der Waals surface area contributed by atoms with Gasteiger partial charge in [-0.15, -0.1) is 11.3 Å². The predicted molar refractivity (Wildman–Crippen MR) is 84.8 cm³/mol. The second-order valence-corrected chi connectivity index (χ2v) is 6.57. The van der Waals surface area contributed by atoms with Gasteiger partial charge in [0.25, 0.3) is 0 Å². The van der Waals surface area contributed by atoms with Crippen molar-refractivity contribution < 1.29 is 4.74 Å². The number of nitrogens with two attached hydrogens (primary N) is 1. The highest BCUT2D eigenvalue weighted by atomic mass is 32.1. The van der Waals surface area contributed by atoms with Crippen molar-refractivity contribution in [3.8, 4) is 0 Å². The van der Waals surface area contributed by atoms with Crippen LogP contribution < -0.4 is 11.3 Å². The summed E-state index contributed by atoms with van der Waals surface area (Å²) in [6, 6.07) is 8.74. The van der Waals surface area contributed by atoms with Gasteiger partial charge in [0.2, 0.25) is 0 Å². The number of hydrogen-bond donors (Lipinski definition) is 2. The zero-order chi connectivity index (χ0) is 14.0. The van der Waals surface area contributed by atoms with Crippen LogP contribution in [-0.4, -0.2) is 18.8 Å². The molecule has 1 fully saturated rings. The lowest BCUT2D eigenvalue weighted by molar-refractivity contribution is -0.0354. The Bertz CT molecular complexity index is 575. The van der Waals surface area contributed by atoms with Crippen LogP contribution in [0.2, 0.25) is 0 Å². The number of nitrogens with one attached hydrogen (secondary N) is 1. The SMILES string of the molecule is COC1(C(Cc2csc3ccccc23)NN)CCCC1. The molecule has 2 aromatic rings. The third-order valence-corrected chi connectivity index (χ3v) is 5.69. The fraction of sp³-hybridized carbons (Fsp3) is 0.500. The molecule has 20 heavy (non-hydrogen) atoms. The molecule has 1 atom stereocenters. The molecule has 0 saturated heterocycles. The van der Waals surface area contributed by atoms with E-state index >= 15 is 0 Å². The lowest BCUT2D eigenvalue weighted by atomic mass is 9.87. The second kappa shape index (κ2) is 5.82. The van der Waals surface area contributed by atoms with Gasteiger partial charge in [-0.2, -0.15) is 0 Å². The van der Waals surface area contributed by atoms with E-state index in [1.807, 2.05) is 7.11 Å². The Kier molecular flexibility index (Phi) is 4.08. The van der Waals surface area contributed by atoms with Crippen molar-refractivity contribution in [1.82, 2.24) is 5.43 Å². The van der Waals surface area contributed by atoms with Crippen LogP contribution in [-0.2, 0) is 11.2 Å². The third-order valence-electron chi connectivity index (χ3n) is 4.68. The summed E-state index contributed by atoms with van der Waals surface area (Å²) in [6.45, 7) is 0. The highest BCUT2D eigenvalue weighted by Crippen LogP contribution is 2.37. The normalized spacial score (nSPS) is 19.5. The van der Waals surface area contributed by atoms with Crippen LogP contribution in [0.15, 0.2) is 29.6 Å². The number of fused-ring (bicyclic) bond motifs is 1. The van der Waals surface area contributed by atoms with Crippen molar-refractivity contribution in [1.29, 1.82) is 0 Å². The first kappa shape index (κ1) is 14.0. The van der Waals surface area contributed by atoms with Crippen molar-refractivity contribution in [3.05, 3.63) is 35.2 Å². The van der Waals surface area contributed by atoms with E-state index in [2.05, 4.69) is 35.1 Å². The van der Waals surface area contributed by atoms with Crippen LogP contribution in [0.4, 0.5) is 0 Å². The molecular weight excluding hydrogens is 268 g/mol. The third kappa shape index (κ3) is 2.37. The van der Waals surface area contributed by atoms with Gasteiger partial charge in [-0.05, 0) is 41.7 Å². The van der Waals surface area contributed by atoms with Gasteiger partial charge in [-0.25, -0.2) is 0 Å². The van der Waals surface area contributed by atoms with Gasteiger partial charge in [0, 0.05) is 11.8 Å². The number of ether oxygens (including phenoxy) is 1. The Morgan fingerprint density at radius 3 is 2.80 bits per heavy atom. The number of hydrogen-bond acceptors (Lipinski definition) is 4. The summed E-state index contributed by atoms with van der Waals surface area (Å²) < 4.78 is 7.22. The van der Waals surface area contributed by atoms with Gasteiger partial charge in [0.15, 0.2) is 0 Å². The average molecular weight is 290 g/mol. The van der Waals surface area contributed by atoms with Crippen LogP contribution in [0.3, 0.4) is 0 Å². The summed E-state index contributed by atoms with van der Waals surface area (Å²) in [6.07, 6.45) is 5.59. The van der Waals surface area contributed by atoms with E-state index in [0.29, 0.717) is 0 Å². The van der Waals surface area contributed by atoms with Crippen molar-refractivity contribution in [2.24, 2.45) is 5.84 Å². The molecule has 1 heterocycles. The van der Waals surface area contributed by atoms with Gasteiger partial charge >= 0.3 is 0 Å². The highest BCUT2D eigenvalue weighted by molar-refractivity contribution is 7.17. The topological polar surface area (TPSA) is 47.3 Å². The number of benzene rings is 1. The molecule has 1 aromatic carbocycles. The molecule has 4 heteroatoms. The van der Waals surface area contributed by atoms with Crippen LogP contribution in [0.5, 0.6) is 0 Å². The van der Waals surface area contributed by atoms with Gasteiger partial charge in [-0.3, -0.25) is 11.3 Å². The first-order valence-electron chi connectivity index (χ1n) is 7.25. The molecule has 1 unspecified atom stereocenters. The van der Waals surface area contributed by atoms with Gasteiger partial charge < -0.3 is 4.74 Å². The molecule has 108 valence electrons. The molecule has 3 nitrogen and oxygen atoms in total. The molecule has 0 aliphatic heterocycles. The van der Waals surface area contributed by atoms with Crippen molar-refractivity contribution in [2.45, 2.75) is 43.7 Å². The minimum atomic E-state index is -0.0994. The molecule has 0 radical (unpaired) electrons. The molecule has 1 aromatic heterocycles. The Hall–Kier alpha value is -0.940. The van der Waals surface area contributed by atoms with E-state index in [1.165, 1.54) is 28.5 Å². The molecule has 0 amide bonds. The molecular formula is C16H22N2OS. The van der Waals surface area contributed by atoms with Gasteiger partial charge in [-0.1, -0.05) is 31.0 Å². The summed E-state index contributed by atoms with van der Waals surface area (Å²) in [5.41, 5.74) is 4.29. The summed E-state index contributed by atoms with van der Waals surface area (Å²) in [4.78, 5) is 0. The quantitative estimate of drug-likeness (QED) is 0.656. The zero-order valence-corrected chi connectivity index (χ0v) is 12.7. The summed E-state index contributed by atoms with van der Waals surface area (Å²) in [5, 5.41) is 3.61. The van der Waals surface area contributed by atoms with E-state index in [0.717, 1.165) is 19.3 Å². The highest BCUT2D eigenvalue weighted by Gasteiger charge is 2.41. The van der Waals surface area contributed by atoms with Crippen molar-refractivity contribution >= 4 is 21.4 Å². The fourth-order valence-corrected chi connectivity index (χ4v) is 4.45. The smallest absolute Gasteiger partial charge is 0.0847 e. The van der Waals surface area contributed by atoms with Gasteiger partial charge in [0.1, 0.15) is 0 Å². The average Bonchev–Trinajstić information content (AvgIpc) is 3.12. The maximum Gasteiger partial charge on any atom is 0.0847 e. The molecule has 1 saturated carbocycles. The predicted octanol–water partition coefficient (Wildman–Crippen LogP) is 3.23. The maximum absolute atomic E-state index is 5.87. The van der Waals surface area contributed by atoms with E-state index in [4.69, 9.17) is 10.6 Å². The summed E-state index contributed by atoms with van der Waals surface area (Å²) in [5.74, 6) is 5.85. The van der Waals surface area contributed by atoms with Crippen molar-refractivity contribution in [2.75, 3.05) is 7.11 Å². The van der Waals surface area contributed by atoms with Crippen LogP contribution in [0.1, 0.15) is 31.2 Å². The summed E-state index contributed by atoms with van der Waals surface area (Å²) in [7, 11) is 1.82. The van der Waals surface area contributed by atoms with E-state index in [9.17, 15) is 0 Å². The van der Waals surface area contributed by atoms with Crippen molar-refractivity contribution in [3.63, 3.8) is 0 Å². The number of rotatable bonds is 5. The first-order valence-corrected chi connectivity index (χ1v) is 8.13. The minimum absolute atomic E-state index is 0.0994. The summed E-state index contributed by atoms with van der Waals surface area (Å²) >= 11 is 1.81. The lowest BCUT2D eigenvalue weighted by Gasteiger charge is -2.36. The molecule has 3 N–H and O–H groups in total. The number of methoxy groups -OCH3 is 1. The zero-order valence-electron chi connectivity index (χ0n) is 11.9. The monoisotopic (exact) mass is 290 g/mol. The number of thiophene rings is 1. The lowest BCUT2D eigenvalue weighted by Crippen LogP contribution is -2.54. The molecule has 0 spiro atoms. The molecule has 1 aliphatic rings. The van der Waals surface area contributed by atoms with Crippen LogP contribution in [0.25, 0.3) is 10.1 Å². The fourth-order valence-electron chi connectivity index (χ4n) is 3.48. The Morgan fingerprint density at radius 1 is 1.35 bits per heavy atom. The van der Waals surface area contributed by atoms with Crippen LogP contribution >= 0.6 is 11.3 Å². The second-order valence-electron chi connectivity index (χ2n) is 5.66. The van der Waals surface area contributed by atoms with E-state index in [1.54, 1.807) is 11.3 Å². The molecule has 0 bridgehead atoms. The molecule has 3 rings (SSSR count). The first-order chi connectivity index (χ1) is 9.79. The standard InChI is InChI=1S/C16H22N2OS/c1-19-16(8-4-5-9-16)15(18-17)10-12-11-20-14-7-3-2-6-13(12)14/h2-3,6-7,11,15,18H,4-5,8-10,17H2,1H3. The maximum atomic E-state index is 5.87. The Labute approximate surface area is 124 Å². The minimum Gasteiger partial charge on any atom is -0.377 e. The largest absolute Gasteiger partial charge is 0.377 e. The molecule has 1 aliphatic carbocycles. The Morgan fingerprint density at radius 2 is 2.10 bits per heavy atom. The van der Waals surface area contributed by atoms with Crippen LogP contribution in [0, 0.1) is 0 Å². The Balaban J connectivity index is 1.88.